The van der Waals surface area contributed by atoms with Crippen LogP contribution in [0.3, 0.4) is 0 Å². The Balaban J connectivity index is 1.61. The van der Waals surface area contributed by atoms with Gasteiger partial charge in [-0.1, -0.05) is 52.6 Å². The third-order valence-corrected chi connectivity index (χ3v) is 5.69. The zero-order valence-electron chi connectivity index (χ0n) is 13.2. The summed E-state index contributed by atoms with van der Waals surface area (Å²) in [6, 6.07) is 16.9. The van der Waals surface area contributed by atoms with Gasteiger partial charge in [-0.25, -0.2) is 0 Å². The van der Waals surface area contributed by atoms with Gasteiger partial charge in [0, 0.05) is 16.3 Å². The topological polar surface area (TPSA) is 43.1 Å². The molecular formula is C18H11Cl3N4S. The summed E-state index contributed by atoms with van der Waals surface area (Å²) in [6.45, 7) is 0. The first kappa shape index (κ1) is 17.6. The van der Waals surface area contributed by atoms with Crippen molar-refractivity contribution in [2.75, 3.05) is 0 Å². The minimum absolute atomic E-state index is 0.553. The van der Waals surface area contributed by atoms with Gasteiger partial charge in [-0.3, -0.25) is 0 Å². The molecule has 0 saturated heterocycles. The van der Waals surface area contributed by atoms with Gasteiger partial charge in [0.05, 0.1) is 10.0 Å². The maximum absolute atomic E-state index is 6.07. The van der Waals surface area contributed by atoms with Crippen LogP contribution in [0.2, 0.25) is 15.1 Å². The minimum atomic E-state index is 0.553. The van der Waals surface area contributed by atoms with E-state index >= 15 is 0 Å². The number of nitrogens with zero attached hydrogens (tertiary/aromatic N) is 4. The van der Waals surface area contributed by atoms with Crippen molar-refractivity contribution in [3.05, 3.63) is 75.2 Å². The summed E-state index contributed by atoms with van der Waals surface area (Å²) in [5.74, 6) is 1.40. The lowest BCUT2D eigenvalue weighted by atomic mass is 10.2. The first-order valence-corrected chi connectivity index (χ1v) is 9.77. The fourth-order valence-electron chi connectivity index (χ4n) is 2.41. The second-order valence-corrected chi connectivity index (χ2v) is 7.76. The van der Waals surface area contributed by atoms with Crippen molar-refractivity contribution in [3.8, 4) is 11.4 Å². The van der Waals surface area contributed by atoms with Crippen molar-refractivity contribution in [3.63, 3.8) is 0 Å². The molecule has 26 heavy (non-hydrogen) atoms. The Bertz CT molecular complexity index is 1080. The van der Waals surface area contributed by atoms with E-state index in [1.54, 1.807) is 22.3 Å². The van der Waals surface area contributed by atoms with Crippen LogP contribution in [0, 0.1) is 0 Å². The average Bonchev–Trinajstić information content (AvgIpc) is 3.06. The van der Waals surface area contributed by atoms with Gasteiger partial charge in [0.25, 0.3) is 0 Å². The van der Waals surface area contributed by atoms with Gasteiger partial charge in [0.15, 0.2) is 11.5 Å². The lowest BCUT2D eigenvalue weighted by Crippen LogP contribution is -1.96. The van der Waals surface area contributed by atoms with Crippen LogP contribution in [0.4, 0.5) is 0 Å². The summed E-state index contributed by atoms with van der Waals surface area (Å²) >= 11 is 19.6. The first-order chi connectivity index (χ1) is 12.6. The molecule has 4 nitrogen and oxygen atoms in total. The molecule has 4 aromatic rings. The Labute approximate surface area is 169 Å². The lowest BCUT2D eigenvalue weighted by molar-refractivity contribution is 0.860. The maximum Gasteiger partial charge on any atom is 0.185 e. The molecule has 0 spiro atoms. The van der Waals surface area contributed by atoms with Crippen LogP contribution >= 0.6 is 46.6 Å². The molecule has 0 amide bonds. The average molecular weight is 422 g/mol. The number of hydrogen-bond donors (Lipinski definition) is 0. The van der Waals surface area contributed by atoms with E-state index in [0.29, 0.717) is 26.5 Å². The van der Waals surface area contributed by atoms with Gasteiger partial charge < -0.3 is 0 Å². The molecule has 0 fully saturated rings. The SMILES string of the molecule is Clc1ccc(-c2nnc3ccc(SCc4ccc(Cl)c(Cl)c4)nn23)cc1. The van der Waals surface area contributed by atoms with Crippen LogP contribution < -0.4 is 0 Å². The second-order valence-electron chi connectivity index (χ2n) is 5.51. The molecule has 4 rings (SSSR count). The standard InChI is InChI=1S/C18H11Cl3N4S/c19-13-4-2-12(3-5-13)18-23-22-16-7-8-17(24-25(16)18)26-10-11-1-6-14(20)15(21)9-11/h1-9H,10H2. The van der Waals surface area contributed by atoms with Crippen LogP contribution in [-0.2, 0) is 5.75 Å². The van der Waals surface area contributed by atoms with E-state index in [9.17, 15) is 0 Å². The van der Waals surface area contributed by atoms with Crippen LogP contribution in [0.15, 0.2) is 59.6 Å². The van der Waals surface area contributed by atoms with Crippen molar-refractivity contribution in [2.24, 2.45) is 0 Å². The Morgan fingerprint density at radius 2 is 1.65 bits per heavy atom. The highest BCUT2D eigenvalue weighted by molar-refractivity contribution is 7.98. The minimum Gasteiger partial charge on any atom is -0.192 e. The van der Waals surface area contributed by atoms with Crippen LogP contribution in [0.1, 0.15) is 5.56 Å². The van der Waals surface area contributed by atoms with Crippen molar-refractivity contribution in [1.82, 2.24) is 19.8 Å². The fraction of sp³-hybridized carbons (Fsp3) is 0.0556. The highest BCUT2D eigenvalue weighted by Crippen LogP contribution is 2.27. The van der Waals surface area contributed by atoms with Crippen molar-refractivity contribution >= 4 is 52.2 Å². The molecule has 130 valence electrons. The van der Waals surface area contributed by atoms with Crippen molar-refractivity contribution < 1.29 is 0 Å². The van der Waals surface area contributed by atoms with Crippen LogP contribution in [0.5, 0.6) is 0 Å². The maximum atomic E-state index is 6.07. The van der Waals surface area contributed by atoms with E-state index in [1.807, 2.05) is 48.5 Å². The molecule has 8 heteroatoms. The van der Waals surface area contributed by atoms with Gasteiger partial charge in [0.2, 0.25) is 0 Å². The number of fused-ring (bicyclic) bond motifs is 1. The monoisotopic (exact) mass is 420 g/mol. The van der Waals surface area contributed by atoms with Gasteiger partial charge in [-0.15, -0.1) is 10.2 Å². The fourth-order valence-corrected chi connectivity index (χ4v) is 3.66. The quantitative estimate of drug-likeness (QED) is 0.377. The number of rotatable bonds is 4. The highest BCUT2D eigenvalue weighted by atomic mass is 35.5. The molecular weight excluding hydrogens is 411 g/mol. The molecule has 0 bridgehead atoms. The molecule has 2 aromatic carbocycles. The van der Waals surface area contributed by atoms with Gasteiger partial charge in [-0.2, -0.15) is 9.61 Å². The third kappa shape index (κ3) is 3.67. The molecule has 0 atom stereocenters. The summed E-state index contributed by atoms with van der Waals surface area (Å²) in [5, 5.41) is 15.7. The van der Waals surface area contributed by atoms with E-state index in [2.05, 4.69) is 15.3 Å². The predicted molar refractivity (Wildman–Crippen MR) is 107 cm³/mol. The summed E-state index contributed by atoms with van der Waals surface area (Å²) in [6.07, 6.45) is 0. The highest BCUT2D eigenvalue weighted by Gasteiger charge is 2.10. The molecule has 0 aliphatic rings. The predicted octanol–water partition coefficient (Wildman–Crippen LogP) is 6.04. The number of aromatic nitrogens is 4. The molecule has 2 aromatic heterocycles. The summed E-state index contributed by atoms with van der Waals surface area (Å²) in [7, 11) is 0. The molecule has 2 heterocycles. The van der Waals surface area contributed by atoms with Gasteiger partial charge in [0.1, 0.15) is 5.03 Å². The first-order valence-electron chi connectivity index (χ1n) is 7.65. The van der Waals surface area contributed by atoms with Gasteiger partial charge in [-0.05, 0) is 54.1 Å². The van der Waals surface area contributed by atoms with Crippen LogP contribution in [-0.4, -0.2) is 19.8 Å². The number of thioether (sulfide) groups is 1. The van der Waals surface area contributed by atoms with E-state index in [1.165, 1.54) is 0 Å². The zero-order chi connectivity index (χ0) is 18.1. The molecule has 0 aliphatic heterocycles. The number of hydrogen-bond acceptors (Lipinski definition) is 4. The second kappa shape index (κ2) is 7.45. The molecule has 0 saturated carbocycles. The van der Waals surface area contributed by atoms with Crippen molar-refractivity contribution in [1.29, 1.82) is 0 Å². The molecule has 0 aliphatic carbocycles. The van der Waals surface area contributed by atoms with E-state index in [0.717, 1.165) is 21.9 Å². The number of benzene rings is 2. The molecule has 0 radical (unpaired) electrons. The Morgan fingerprint density at radius 1 is 0.846 bits per heavy atom. The summed E-state index contributed by atoms with van der Waals surface area (Å²) < 4.78 is 1.74. The summed E-state index contributed by atoms with van der Waals surface area (Å²) in [4.78, 5) is 0. The third-order valence-electron chi connectivity index (χ3n) is 3.71. The molecule has 0 unspecified atom stereocenters. The lowest BCUT2D eigenvalue weighted by Gasteiger charge is -2.05. The van der Waals surface area contributed by atoms with E-state index in [-0.39, 0.29) is 0 Å². The van der Waals surface area contributed by atoms with Gasteiger partial charge >= 0.3 is 0 Å². The Hall–Kier alpha value is -1.79. The largest absolute Gasteiger partial charge is 0.192 e. The molecule has 0 N–H and O–H groups in total. The smallest absolute Gasteiger partial charge is 0.185 e. The normalized spacial score (nSPS) is 11.2. The summed E-state index contributed by atoms with van der Waals surface area (Å²) in [5.41, 5.74) is 2.67. The van der Waals surface area contributed by atoms with E-state index < -0.39 is 0 Å². The zero-order valence-corrected chi connectivity index (χ0v) is 16.3. The van der Waals surface area contributed by atoms with Crippen molar-refractivity contribution in [2.45, 2.75) is 10.8 Å². The van der Waals surface area contributed by atoms with Crippen LogP contribution in [0.25, 0.3) is 17.0 Å². The number of halogens is 3. The Morgan fingerprint density at radius 3 is 2.42 bits per heavy atom. The Kier molecular flexibility index (Phi) is 5.05. The van der Waals surface area contributed by atoms with E-state index in [4.69, 9.17) is 34.8 Å².